The normalized spacial score (nSPS) is 24.5. The number of rotatable bonds is 4. The van der Waals surface area contributed by atoms with Gasteiger partial charge < -0.3 is 20.3 Å². The summed E-state index contributed by atoms with van der Waals surface area (Å²) in [6.45, 7) is 0.695. The number of hydrazine groups is 1. The van der Waals surface area contributed by atoms with Crippen LogP contribution in [0.5, 0.6) is 0 Å². The molecule has 12 heteroatoms. The van der Waals surface area contributed by atoms with Crippen LogP contribution in [0.2, 0.25) is 0 Å². The highest BCUT2D eigenvalue weighted by Crippen LogP contribution is 2.29. The quantitative estimate of drug-likeness (QED) is 0.587. The van der Waals surface area contributed by atoms with E-state index in [0.29, 0.717) is 44.5 Å². The van der Waals surface area contributed by atoms with Gasteiger partial charge in [0.25, 0.3) is 5.91 Å². The van der Waals surface area contributed by atoms with Crippen molar-refractivity contribution in [3.63, 3.8) is 0 Å². The molecule has 35 heavy (non-hydrogen) atoms. The molecule has 1 aromatic carbocycles. The monoisotopic (exact) mass is 549 g/mol. The first-order valence-corrected chi connectivity index (χ1v) is 12.4. The van der Waals surface area contributed by atoms with E-state index in [4.69, 9.17) is 0 Å². The fraction of sp³-hybridized carbons (Fsp3) is 0.522. The lowest BCUT2D eigenvalue weighted by atomic mass is 10.0. The summed E-state index contributed by atoms with van der Waals surface area (Å²) in [4.78, 5) is 66.2. The number of anilines is 1. The van der Waals surface area contributed by atoms with E-state index in [1.54, 1.807) is 12.1 Å². The number of nitrogens with one attached hydrogen (secondary N) is 2. The van der Waals surface area contributed by atoms with Gasteiger partial charge in [-0.25, -0.2) is 9.80 Å². The zero-order chi connectivity index (χ0) is 25.1. The van der Waals surface area contributed by atoms with Gasteiger partial charge in [-0.2, -0.15) is 0 Å². The van der Waals surface area contributed by atoms with Gasteiger partial charge in [0.2, 0.25) is 17.7 Å². The minimum absolute atomic E-state index is 0.0553. The van der Waals surface area contributed by atoms with Crippen LogP contribution in [-0.2, 0) is 23.9 Å². The Morgan fingerprint density at radius 2 is 1.69 bits per heavy atom. The number of alkyl carbamates (subject to hydrolysis) is 1. The standard InChI is InChI=1S/C23H28BrN5O6/c1-35-23(34)26-16-10-11-19(30)28-13-3-5-18(29(28)21(16)32)22(33)27-12-2-4-17(27)20(31)25-15-8-6-14(24)7-9-15/h6-9,16-18H,2-5,10-13H2,1H3,(H,25,31)(H,26,34)/t16-,17-,18-/m0/s1. The van der Waals surface area contributed by atoms with Gasteiger partial charge in [0.05, 0.1) is 7.11 Å². The SMILES string of the molecule is COC(=O)N[C@H]1CCC(=O)N2CCC[C@@H](C(=O)N3CCC[C@H]3C(=O)Nc3ccc(Br)cc3)N2C1=O. The predicted molar refractivity (Wildman–Crippen MR) is 128 cm³/mol. The molecule has 4 rings (SSSR count). The number of amides is 5. The number of carbonyl (C=O) groups excluding carboxylic acids is 5. The second-order valence-electron chi connectivity index (χ2n) is 8.77. The van der Waals surface area contributed by atoms with E-state index in [0.717, 1.165) is 4.47 Å². The van der Waals surface area contributed by atoms with Crippen LogP contribution in [0.4, 0.5) is 10.5 Å². The minimum Gasteiger partial charge on any atom is -0.453 e. The molecule has 3 heterocycles. The van der Waals surface area contributed by atoms with Crippen LogP contribution >= 0.6 is 15.9 Å². The fourth-order valence-electron chi connectivity index (χ4n) is 4.85. The van der Waals surface area contributed by atoms with E-state index in [1.807, 2.05) is 12.1 Å². The molecule has 0 unspecified atom stereocenters. The fourth-order valence-corrected chi connectivity index (χ4v) is 5.11. The lowest BCUT2D eigenvalue weighted by Crippen LogP contribution is -2.64. The van der Waals surface area contributed by atoms with Gasteiger partial charge in [0.1, 0.15) is 18.1 Å². The third kappa shape index (κ3) is 5.26. The number of benzene rings is 1. The second kappa shape index (κ2) is 10.6. The Labute approximate surface area is 211 Å². The molecule has 0 bridgehead atoms. The largest absolute Gasteiger partial charge is 0.453 e. The van der Waals surface area contributed by atoms with Crippen LogP contribution in [0.1, 0.15) is 38.5 Å². The number of hydrogen-bond acceptors (Lipinski definition) is 6. The number of halogens is 1. The topological polar surface area (TPSA) is 128 Å². The molecule has 0 aromatic heterocycles. The Balaban J connectivity index is 1.54. The third-order valence-electron chi connectivity index (χ3n) is 6.57. The van der Waals surface area contributed by atoms with Gasteiger partial charge >= 0.3 is 6.09 Å². The average molecular weight is 550 g/mol. The Morgan fingerprint density at radius 1 is 1.00 bits per heavy atom. The minimum atomic E-state index is -0.986. The van der Waals surface area contributed by atoms with Crippen LogP contribution in [0.15, 0.2) is 28.7 Å². The zero-order valence-electron chi connectivity index (χ0n) is 19.4. The lowest BCUT2D eigenvalue weighted by Gasteiger charge is -2.44. The van der Waals surface area contributed by atoms with E-state index in [1.165, 1.54) is 22.0 Å². The molecule has 0 aliphatic carbocycles. The summed E-state index contributed by atoms with van der Waals surface area (Å²) in [6.07, 6.45) is 1.45. The Morgan fingerprint density at radius 3 is 2.40 bits per heavy atom. The summed E-state index contributed by atoms with van der Waals surface area (Å²) >= 11 is 3.36. The van der Waals surface area contributed by atoms with Crippen LogP contribution in [0.25, 0.3) is 0 Å². The average Bonchev–Trinajstić information content (AvgIpc) is 3.32. The van der Waals surface area contributed by atoms with Gasteiger partial charge in [-0.05, 0) is 56.4 Å². The smallest absolute Gasteiger partial charge is 0.407 e. The predicted octanol–water partition coefficient (Wildman–Crippen LogP) is 1.63. The zero-order valence-corrected chi connectivity index (χ0v) is 21.0. The summed E-state index contributed by atoms with van der Waals surface area (Å²) in [6, 6.07) is 4.55. The molecule has 1 aromatic rings. The Kier molecular flexibility index (Phi) is 7.58. The number of methoxy groups -OCH3 is 1. The van der Waals surface area contributed by atoms with Crippen LogP contribution in [0, 0.1) is 0 Å². The molecule has 2 N–H and O–H groups in total. The molecular weight excluding hydrogens is 522 g/mol. The van der Waals surface area contributed by atoms with Crippen molar-refractivity contribution in [2.75, 3.05) is 25.5 Å². The van der Waals surface area contributed by atoms with E-state index in [-0.39, 0.29) is 30.6 Å². The summed E-state index contributed by atoms with van der Waals surface area (Å²) in [7, 11) is 1.19. The van der Waals surface area contributed by atoms with E-state index < -0.39 is 30.1 Å². The van der Waals surface area contributed by atoms with E-state index in [9.17, 15) is 24.0 Å². The van der Waals surface area contributed by atoms with Gasteiger partial charge in [-0.1, -0.05) is 15.9 Å². The van der Waals surface area contributed by atoms with Crippen molar-refractivity contribution in [3.8, 4) is 0 Å². The van der Waals surface area contributed by atoms with E-state index >= 15 is 0 Å². The molecule has 11 nitrogen and oxygen atoms in total. The maximum atomic E-state index is 13.7. The first-order chi connectivity index (χ1) is 16.8. The first-order valence-electron chi connectivity index (χ1n) is 11.6. The number of carbonyl (C=O) groups is 5. The number of ether oxygens (including phenoxy) is 1. The summed E-state index contributed by atoms with van der Waals surface area (Å²) in [5, 5.41) is 7.85. The van der Waals surface area contributed by atoms with Crippen LogP contribution in [-0.4, -0.2) is 83.0 Å². The van der Waals surface area contributed by atoms with Crippen molar-refractivity contribution < 1.29 is 28.7 Å². The van der Waals surface area contributed by atoms with Crippen molar-refractivity contribution in [2.45, 2.75) is 56.7 Å². The van der Waals surface area contributed by atoms with Gasteiger partial charge in [0.15, 0.2) is 0 Å². The van der Waals surface area contributed by atoms with Crippen molar-refractivity contribution >= 4 is 51.3 Å². The van der Waals surface area contributed by atoms with Crippen molar-refractivity contribution in [3.05, 3.63) is 28.7 Å². The molecule has 0 saturated carbocycles. The lowest BCUT2D eigenvalue weighted by molar-refractivity contribution is -0.179. The van der Waals surface area contributed by atoms with Gasteiger partial charge in [-0.15, -0.1) is 0 Å². The van der Waals surface area contributed by atoms with Crippen LogP contribution < -0.4 is 10.6 Å². The molecule has 5 amide bonds. The Hall–Kier alpha value is -3.15. The first kappa shape index (κ1) is 25.0. The highest BCUT2D eigenvalue weighted by molar-refractivity contribution is 9.10. The molecule has 3 aliphatic rings. The molecule has 3 atom stereocenters. The van der Waals surface area contributed by atoms with E-state index in [2.05, 4.69) is 31.3 Å². The summed E-state index contributed by atoms with van der Waals surface area (Å²) in [5.41, 5.74) is 0.617. The molecule has 3 saturated heterocycles. The van der Waals surface area contributed by atoms with Crippen molar-refractivity contribution in [1.82, 2.24) is 20.2 Å². The molecule has 3 fully saturated rings. The maximum absolute atomic E-state index is 13.7. The molecule has 0 spiro atoms. The molecule has 0 radical (unpaired) electrons. The number of fused-ring (bicyclic) bond motifs is 1. The summed E-state index contributed by atoms with van der Waals surface area (Å²) in [5.74, 6) is -1.48. The van der Waals surface area contributed by atoms with Gasteiger partial charge in [0, 0.05) is 29.7 Å². The highest BCUT2D eigenvalue weighted by Gasteiger charge is 2.47. The third-order valence-corrected chi connectivity index (χ3v) is 7.10. The second-order valence-corrected chi connectivity index (χ2v) is 9.69. The molecule has 3 aliphatic heterocycles. The van der Waals surface area contributed by atoms with Gasteiger partial charge in [-0.3, -0.25) is 24.2 Å². The number of hydrogen-bond donors (Lipinski definition) is 2. The van der Waals surface area contributed by atoms with Crippen LogP contribution in [0.3, 0.4) is 0 Å². The highest BCUT2D eigenvalue weighted by atomic mass is 79.9. The Bertz CT molecular complexity index is 1020. The molecule has 188 valence electrons. The number of nitrogens with zero attached hydrogens (tertiary/aromatic N) is 3. The number of likely N-dealkylation sites (tertiary alicyclic amines) is 1. The summed E-state index contributed by atoms with van der Waals surface area (Å²) < 4.78 is 5.50. The van der Waals surface area contributed by atoms with Crippen molar-refractivity contribution in [2.24, 2.45) is 0 Å². The van der Waals surface area contributed by atoms with Crippen molar-refractivity contribution in [1.29, 1.82) is 0 Å². The molecular formula is C23H28BrN5O6. The maximum Gasteiger partial charge on any atom is 0.407 e.